The number of aryl methyl sites for hydroxylation is 1. The number of hydrogen-bond acceptors (Lipinski definition) is 6. The summed E-state index contributed by atoms with van der Waals surface area (Å²) >= 11 is 0. The van der Waals surface area contributed by atoms with Crippen molar-refractivity contribution in [2.24, 2.45) is 5.10 Å². The van der Waals surface area contributed by atoms with E-state index in [1.807, 2.05) is 13.0 Å². The lowest BCUT2D eigenvalue weighted by Crippen LogP contribution is -2.39. The van der Waals surface area contributed by atoms with Crippen LogP contribution in [0.25, 0.3) is 0 Å². The van der Waals surface area contributed by atoms with Crippen LogP contribution in [0.1, 0.15) is 11.1 Å². The number of benzene rings is 2. The predicted octanol–water partition coefficient (Wildman–Crippen LogP) is 1.63. The third-order valence-electron chi connectivity index (χ3n) is 3.62. The normalized spacial score (nSPS) is 11.4. The lowest BCUT2D eigenvalue weighted by molar-refractivity contribution is -0.119. The number of hydrogen-bond donors (Lipinski definition) is 2. The van der Waals surface area contributed by atoms with E-state index < -0.39 is 22.5 Å². The van der Waals surface area contributed by atoms with Crippen LogP contribution in [0.15, 0.2) is 47.6 Å². The third-order valence-corrected chi connectivity index (χ3v) is 4.76. The number of carbonyl (C=O) groups excluding carboxylic acids is 1. The second kappa shape index (κ2) is 8.54. The molecule has 0 aromatic heterocycles. The van der Waals surface area contributed by atoms with Crippen molar-refractivity contribution in [2.75, 3.05) is 24.2 Å². The van der Waals surface area contributed by atoms with Gasteiger partial charge in [-0.1, -0.05) is 18.2 Å². The van der Waals surface area contributed by atoms with E-state index in [2.05, 4.69) is 10.5 Å². The number of methoxy groups -OCH3 is 1. The molecule has 0 radical (unpaired) electrons. The van der Waals surface area contributed by atoms with Crippen LogP contribution in [0.2, 0.25) is 0 Å². The lowest BCUT2D eigenvalue weighted by atomic mass is 10.2. The van der Waals surface area contributed by atoms with Crippen LogP contribution in [0, 0.1) is 6.92 Å². The van der Waals surface area contributed by atoms with Crippen molar-refractivity contribution in [1.82, 2.24) is 5.43 Å². The fourth-order valence-electron chi connectivity index (χ4n) is 2.33. The van der Waals surface area contributed by atoms with E-state index in [4.69, 9.17) is 4.74 Å². The van der Waals surface area contributed by atoms with Gasteiger partial charge in [-0.25, -0.2) is 13.8 Å². The minimum atomic E-state index is -3.66. The van der Waals surface area contributed by atoms with Crippen LogP contribution in [-0.4, -0.2) is 45.6 Å². The van der Waals surface area contributed by atoms with Crippen LogP contribution in [0.4, 0.5) is 5.69 Å². The summed E-state index contributed by atoms with van der Waals surface area (Å²) in [5, 5.41) is 13.7. The van der Waals surface area contributed by atoms with E-state index in [0.29, 0.717) is 11.3 Å². The number of nitrogens with one attached hydrogen (secondary N) is 1. The molecule has 0 heterocycles. The number of amides is 1. The molecule has 1 amide bonds. The van der Waals surface area contributed by atoms with Crippen molar-refractivity contribution in [1.29, 1.82) is 0 Å². The Morgan fingerprint density at radius 2 is 2.00 bits per heavy atom. The van der Waals surface area contributed by atoms with Gasteiger partial charge in [-0.05, 0) is 36.8 Å². The van der Waals surface area contributed by atoms with Crippen LogP contribution in [-0.2, 0) is 14.8 Å². The number of phenols is 1. The molecule has 0 aliphatic rings. The number of sulfonamides is 1. The molecule has 27 heavy (non-hydrogen) atoms. The van der Waals surface area contributed by atoms with Crippen LogP contribution in [0.5, 0.6) is 11.5 Å². The highest BCUT2D eigenvalue weighted by Crippen LogP contribution is 2.27. The number of ether oxygens (including phenoxy) is 1. The molecule has 9 heteroatoms. The summed E-state index contributed by atoms with van der Waals surface area (Å²) in [5.41, 5.74) is 3.86. The number of para-hydroxylation sites is 1. The average molecular weight is 391 g/mol. The molecule has 0 saturated heterocycles. The number of aromatic hydroxyl groups is 1. The molecule has 0 bridgehead atoms. The summed E-state index contributed by atoms with van der Waals surface area (Å²) in [5.74, 6) is -0.468. The molecule has 0 unspecified atom stereocenters. The fraction of sp³-hybridized carbons (Fsp3) is 0.222. The van der Waals surface area contributed by atoms with Gasteiger partial charge in [0, 0.05) is 5.56 Å². The number of phenolic OH excluding ortho intramolecular Hbond substituents is 1. The lowest BCUT2D eigenvalue weighted by Gasteiger charge is -2.21. The van der Waals surface area contributed by atoms with Crippen molar-refractivity contribution in [2.45, 2.75) is 6.92 Å². The molecule has 0 aliphatic heterocycles. The maximum absolute atomic E-state index is 12.1. The number of carbonyl (C=O) groups is 1. The maximum atomic E-state index is 12.1. The first-order chi connectivity index (χ1) is 12.7. The van der Waals surface area contributed by atoms with E-state index in [9.17, 15) is 18.3 Å². The van der Waals surface area contributed by atoms with Gasteiger partial charge in [-0.3, -0.25) is 9.10 Å². The molecule has 2 aromatic carbocycles. The van der Waals surface area contributed by atoms with E-state index in [0.717, 1.165) is 16.1 Å². The second-order valence-electron chi connectivity index (χ2n) is 5.80. The SMILES string of the molecule is COc1cccc(/C=N\NC(=O)CN(c2cccc(C)c2)S(C)(=O)=O)c1O. The zero-order chi connectivity index (χ0) is 20.0. The quantitative estimate of drug-likeness (QED) is 0.551. The van der Waals surface area contributed by atoms with Gasteiger partial charge < -0.3 is 9.84 Å². The van der Waals surface area contributed by atoms with Gasteiger partial charge in [0.2, 0.25) is 10.0 Å². The van der Waals surface area contributed by atoms with Gasteiger partial charge in [-0.2, -0.15) is 5.10 Å². The molecule has 0 atom stereocenters. The van der Waals surface area contributed by atoms with Crippen molar-refractivity contribution < 1.29 is 23.1 Å². The van der Waals surface area contributed by atoms with Gasteiger partial charge in [0.25, 0.3) is 5.91 Å². The number of hydrazone groups is 1. The van der Waals surface area contributed by atoms with E-state index in [1.54, 1.807) is 36.4 Å². The average Bonchev–Trinajstić information content (AvgIpc) is 2.60. The minimum absolute atomic E-state index is 0.115. The van der Waals surface area contributed by atoms with Crippen LogP contribution >= 0.6 is 0 Å². The zero-order valence-corrected chi connectivity index (χ0v) is 16.0. The molecule has 0 saturated carbocycles. The van der Waals surface area contributed by atoms with Gasteiger partial charge in [0.05, 0.1) is 25.3 Å². The summed E-state index contributed by atoms with van der Waals surface area (Å²) in [6.45, 7) is 1.40. The van der Waals surface area contributed by atoms with Crippen molar-refractivity contribution in [3.63, 3.8) is 0 Å². The third kappa shape index (κ3) is 5.45. The molecule has 2 rings (SSSR count). The number of rotatable bonds is 7. The topological polar surface area (TPSA) is 108 Å². The molecule has 144 valence electrons. The fourth-order valence-corrected chi connectivity index (χ4v) is 3.18. The summed E-state index contributed by atoms with van der Waals surface area (Å²) in [6, 6.07) is 11.6. The molecular weight excluding hydrogens is 370 g/mol. The molecular formula is C18H21N3O5S. The Labute approximate surface area is 158 Å². The Morgan fingerprint density at radius 3 is 2.63 bits per heavy atom. The highest BCUT2D eigenvalue weighted by molar-refractivity contribution is 7.92. The highest BCUT2D eigenvalue weighted by Gasteiger charge is 2.20. The Morgan fingerprint density at radius 1 is 1.30 bits per heavy atom. The van der Waals surface area contributed by atoms with Crippen molar-refractivity contribution in [3.8, 4) is 11.5 Å². The van der Waals surface area contributed by atoms with Crippen molar-refractivity contribution in [3.05, 3.63) is 53.6 Å². The number of anilines is 1. The zero-order valence-electron chi connectivity index (χ0n) is 15.2. The van der Waals surface area contributed by atoms with Gasteiger partial charge in [-0.15, -0.1) is 0 Å². The highest BCUT2D eigenvalue weighted by atomic mass is 32.2. The summed E-state index contributed by atoms with van der Waals surface area (Å²) in [6.07, 6.45) is 2.27. The Hall–Kier alpha value is -3.07. The first-order valence-corrected chi connectivity index (χ1v) is 9.79. The van der Waals surface area contributed by atoms with E-state index in [1.165, 1.54) is 13.3 Å². The molecule has 0 fully saturated rings. The molecule has 8 nitrogen and oxygen atoms in total. The largest absolute Gasteiger partial charge is 0.504 e. The molecule has 2 aromatic rings. The Kier molecular flexibility index (Phi) is 6.40. The molecule has 2 N–H and O–H groups in total. The molecule has 0 aliphatic carbocycles. The summed E-state index contributed by atoms with van der Waals surface area (Å²) in [7, 11) is -2.24. The first kappa shape index (κ1) is 20.2. The van der Waals surface area contributed by atoms with E-state index >= 15 is 0 Å². The molecule has 0 spiro atoms. The Bertz CT molecular complexity index is 957. The predicted molar refractivity (Wildman–Crippen MR) is 104 cm³/mol. The minimum Gasteiger partial charge on any atom is -0.504 e. The standard InChI is InChI=1S/C18H21N3O5S/c1-13-6-4-8-15(10-13)21(27(3,24)25)12-17(22)20-19-11-14-7-5-9-16(26-2)18(14)23/h4-11,23H,12H2,1-3H3,(H,20,22)/b19-11-. The first-order valence-electron chi connectivity index (χ1n) is 7.94. The summed E-state index contributed by atoms with van der Waals surface area (Å²) in [4.78, 5) is 12.1. The maximum Gasteiger partial charge on any atom is 0.260 e. The van der Waals surface area contributed by atoms with Gasteiger partial charge in [0.1, 0.15) is 6.54 Å². The van der Waals surface area contributed by atoms with E-state index in [-0.39, 0.29) is 11.5 Å². The second-order valence-corrected chi connectivity index (χ2v) is 7.71. The van der Waals surface area contributed by atoms with Crippen LogP contribution in [0.3, 0.4) is 0 Å². The smallest absolute Gasteiger partial charge is 0.260 e. The summed E-state index contributed by atoms with van der Waals surface area (Å²) < 4.78 is 30.1. The monoisotopic (exact) mass is 391 g/mol. The van der Waals surface area contributed by atoms with Gasteiger partial charge >= 0.3 is 0 Å². The Balaban J connectivity index is 2.11. The van der Waals surface area contributed by atoms with Crippen LogP contribution < -0.4 is 14.5 Å². The number of nitrogens with zero attached hydrogens (tertiary/aromatic N) is 2. The van der Waals surface area contributed by atoms with Gasteiger partial charge in [0.15, 0.2) is 11.5 Å². The van der Waals surface area contributed by atoms with Crippen molar-refractivity contribution >= 4 is 27.8 Å².